The van der Waals surface area contributed by atoms with Crippen LogP contribution in [0.15, 0.2) is 42.5 Å². The fraction of sp³-hybridized carbons (Fsp3) is 0.333. The molecule has 0 radical (unpaired) electrons. The molecule has 140 valence electrons. The van der Waals surface area contributed by atoms with Crippen LogP contribution >= 0.6 is 0 Å². The van der Waals surface area contributed by atoms with Crippen molar-refractivity contribution in [1.82, 2.24) is 4.90 Å². The first kappa shape index (κ1) is 18.6. The van der Waals surface area contributed by atoms with E-state index in [2.05, 4.69) is 17.9 Å². The van der Waals surface area contributed by atoms with E-state index in [9.17, 15) is 10.1 Å². The van der Waals surface area contributed by atoms with Gasteiger partial charge in [-0.3, -0.25) is 4.79 Å². The molecule has 1 aliphatic heterocycles. The molecule has 0 atom stereocenters. The van der Waals surface area contributed by atoms with Crippen LogP contribution in [0.4, 0.5) is 11.4 Å². The van der Waals surface area contributed by atoms with Crippen LogP contribution in [0.1, 0.15) is 29.3 Å². The number of piperazine rings is 1. The van der Waals surface area contributed by atoms with Crippen LogP contribution in [0.25, 0.3) is 0 Å². The van der Waals surface area contributed by atoms with Crippen molar-refractivity contribution < 1.29 is 9.53 Å². The average molecular weight is 364 g/mol. The number of benzene rings is 2. The van der Waals surface area contributed by atoms with Gasteiger partial charge in [0.05, 0.1) is 17.9 Å². The number of nitriles is 1. The zero-order valence-electron chi connectivity index (χ0n) is 15.5. The lowest BCUT2D eigenvalue weighted by Gasteiger charge is -2.36. The Bertz CT molecular complexity index is 834. The zero-order valence-corrected chi connectivity index (χ0v) is 15.5. The number of amides is 1. The summed E-state index contributed by atoms with van der Waals surface area (Å²) in [6, 6.07) is 14.9. The molecule has 3 rings (SSSR count). The van der Waals surface area contributed by atoms with E-state index in [-0.39, 0.29) is 5.91 Å². The van der Waals surface area contributed by atoms with Crippen LogP contribution in [0.2, 0.25) is 0 Å². The molecule has 0 unspecified atom stereocenters. The molecule has 2 N–H and O–H groups in total. The monoisotopic (exact) mass is 364 g/mol. The molecule has 2 aromatic rings. The van der Waals surface area contributed by atoms with Gasteiger partial charge in [-0.1, -0.05) is 6.92 Å². The maximum Gasteiger partial charge on any atom is 0.253 e. The lowest BCUT2D eigenvalue weighted by atomic mass is 10.1. The maximum absolute atomic E-state index is 12.7. The highest BCUT2D eigenvalue weighted by atomic mass is 16.5. The summed E-state index contributed by atoms with van der Waals surface area (Å²) >= 11 is 0. The molecule has 6 heteroatoms. The van der Waals surface area contributed by atoms with Gasteiger partial charge in [-0.25, -0.2) is 0 Å². The fourth-order valence-electron chi connectivity index (χ4n) is 3.17. The molecule has 6 nitrogen and oxygen atoms in total. The van der Waals surface area contributed by atoms with Crippen LogP contribution in [0, 0.1) is 11.3 Å². The van der Waals surface area contributed by atoms with E-state index in [1.54, 1.807) is 12.1 Å². The molecular formula is C21H24N4O2. The Morgan fingerprint density at radius 2 is 1.85 bits per heavy atom. The average Bonchev–Trinajstić information content (AvgIpc) is 2.72. The quantitative estimate of drug-likeness (QED) is 0.825. The second kappa shape index (κ2) is 8.45. The summed E-state index contributed by atoms with van der Waals surface area (Å²) in [5.41, 5.74) is 8.45. The Balaban J connectivity index is 1.62. The molecule has 27 heavy (non-hydrogen) atoms. The minimum Gasteiger partial charge on any atom is -0.494 e. The van der Waals surface area contributed by atoms with Gasteiger partial charge in [-0.15, -0.1) is 0 Å². The number of anilines is 2. The number of carbonyl (C=O) groups is 1. The maximum atomic E-state index is 12.7. The first-order chi connectivity index (χ1) is 13.1. The molecular weight excluding hydrogens is 340 g/mol. The van der Waals surface area contributed by atoms with E-state index < -0.39 is 0 Å². The number of rotatable bonds is 5. The first-order valence-corrected chi connectivity index (χ1v) is 9.19. The van der Waals surface area contributed by atoms with Crippen LogP contribution in [0.5, 0.6) is 5.75 Å². The number of nitrogens with zero attached hydrogens (tertiary/aromatic N) is 3. The molecule has 1 heterocycles. The highest BCUT2D eigenvalue weighted by Crippen LogP contribution is 2.24. The smallest absolute Gasteiger partial charge is 0.253 e. The second-order valence-electron chi connectivity index (χ2n) is 6.54. The molecule has 1 fully saturated rings. The molecule has 0 saturated carbocycles. The SMILES string of the molecule is CCCOc1ccc(C(=O)N2CCN(c3ccc(N)cc3C#N)CC2)cc1. The van der Waals surface area contributed by atoms with Crippen molar-refractivity contribution in [3.8, 4) is 11.8 Å². The molecule has 0 bridgehead atoms. The van der Waals surface area contributed by atoms with Gasteiger partial charge in [-0.05, 0) is 48.9 Å². The van der Waals surface area contributed by atoms with Crippen molar-refractivity contribution >= 4 is 17.3 Å². The Morgan fingerprint density at radius 1 is 1.15 bits per heavy atom. The predicted octanol–water partition coefficient (Wildman–Crippen LogP) is 2.89. The standard InChI is InChI=1S/C21H24N4O2/c1-2-13-27-19-6-3-16(4-7-19)21(26)25-11-9-24(10-12-25)20-8-5-18(23)14-17(20)15-22/h3-8,14H,2,9-13,23H2,1H3. The zero-order chi connectivity index (χ0) is 19.2. The number of hydrogen-bond acceptors (Lipinski definition) is 5. The summed E-state index contributed by atoms with van der Waals surface area (Å²) in [6.45, 7) is 5.32. The van der Waals surface area contributed by atoms with Gasteiger partial charge >= 0.3 is 0 Å². The van der Waals surface area contributed by atoms with Crippen molar-refractivity contribution in [2.24, 2.45) is 0 Å². The molecule has 1 aliphatic rings. The Kier molecular flexibility index (Phi) is 5.82. The predicted molar refractivity (Wildman–Crippen MR) is 106 cm³/mol. The van der Waals surface area contributed by atoms with E-state index in [1.165, 1.54) is 0 Å². The van der Waals surface area contributed by atoms with Gasteiger partial charge < -0.3 is 20.3 Å². The van der Waals surface area contributed by atoms with Gasteiger partial charge in [0, 0.05) is 37.4 Å². The lowest BCUT2D eigenvalue weighted by Crippen LogP contribution is -2.49. The highest BCUT2D eigenvalue weighted by molar-refractivity contribution is 5.94. The van der Waals surface area contributed by atoms with Crippen LogP contribution in [0.3, 0.4) is 0 Å². The minimum atomic E-state index is 0.0227. The van der Waals surface area contributed by atoms with E-state index in [4.69, 9.17) is 10.5 Å². The Labute approximate surface area is 159 Å². The van der Waals surface area contributed by atoms with Crippen molar-refractivity contribution in [2.45, 2.75) is 13.3 Å². The third-order valence-corrected chi connectivity index (χ3v) is 4.62. The summed E-state index contributed by atoms with van der Waals surface area (Å²) in [4.78, 5) is 16.7. The van der Waals surface area contributed by atoms with Crippen molar-refractivity contribution in [2.75, 3.05) is 43.4 Å². The van der Waals surface area contributed by atoms with E-state index in [0.717, 1.165) is 17.9 Å². The minimum absolute atomic E-state index is 0.0227. The van der Waals surface area contributed by atoms with Crippen LogP contribution < -0.4 is 15.4 Å². The summed E-state index contributed by atoms with van der Waals surface area (Å²) in [5.74, 6) is 0.806. The molecule has 1 saturated heterocycles. The van der Waals surface area contributed by atoms with Crippen LogP contribution in [-0.4, -0.2) is 43.6 Å². The van der Waals surface area contributed by atoms with E-state index in [1.807, 2.05) is 35.2 Å². The van der Waals surface area contributed by atoms with Gasteiger partial charge in [0.25, 0.3) is 5.91 Å². The lowest BCUT2D eigenvalue weighted by molar-refractivity contribution is 0.0746. The largest absolute Gasteiger partial charge is 0.494 e. The number of carbonyl (C=O) groups excluding carboxylic acids is 1. The summed E-state index contributed by atoms with van der Waals surface area (Å²) in [5, 5.41) is 9.33. The number of nitrogens with two attached hydrogens (primary N) is 1. The van der Waals surface area contributed by atoms with Gasteiger partial charge in [0.1, 0.15) is 11.8 Å². The van der Waals surface area contributed by atoms with E-state index in [0.29, 0.717) is 49.6 Å². The van der Waals surface area contributed by atoms with Gasteiger partial charge in [0.2, 0.25) is 0 Å². The summed E-state index contributed by atoms with van der Waals surface area (Å²) in [7, 11) is 0. The van der Waals surface area contributed by atoms with Crippen molar-refractivity contribution in [1.29, 1.82) is 5.26 Å². The van der Waals surface area contributed by atoms with Crippen LogP contribution in [-0.2, 0) is 0 Å². The summed E-state index contributed by atoms with van der Waals surface area (Å²) < 4.78 is 5.56. The Morgan fingerprint density at radius 3 is 2.48 bits per heavy atom. The topological polar surface area (TPSA) is 82.6 Å². The van der Waals surface area contributed by atoms with Gasteiger partial charge in [-0.2, -0.15) is 5.26 Å². The molecule has 0 aromatic heterocycles. The van der Waals surface area contributed by atoms with Crippen molar-refractivity contribution in [3.63, 3.8) is 0 Å². The van der Waals surface area contributed by atoms with E-state index >= 15 is 0 Å². The number of ether oxygens (including phenoxy) is 1. The molecule has 1 amide bonds. The molecule has 2 aromatic carbocycles. The third kappa shape index (κ3) is 4.32. The number of nitrogen functional groups attached to an aromatic ring is 1. The fourth-order valence-corrected chi connectivity index (χ4v) is 3.17. The van der Waals surface area contributed by atoms with Crippen molar-refractivity contribution in [3.05, 3.63) is 53.6 Å². The third-order valence-electron chi connectivity index (χ3n) is 4.62. The molecule has 0 spiro atoms. The second-order valence-corrected chi connectivity index (χ2v) is 6.54. The van der Waals surface area contributed by atoms with Gasteiger partial charge in [0.15, 0.2) is 0 Å². The normalized spacial score (nSPS) is 13.9. The first-order valence-electron chi connectivity index (χ1n) is 9.19. The Hall–Kier alpha value is -3.20. The number of hydrogen-bond donors (Lipinski definition) is 1. The summed E-state index contributed by atoms with van der Waals surface area (Å²) in [6.07, 6.45) is 0.951. The highest BCUT2D eigenvalue weighted by Gasteiger charge is 2.23. The molecule has 0 aliphatic carbocycles.